The van der Waals surface area contributed by atoms with Gasteiger partial charge in [-0.2, -0.15) is 0 Å². The van der Waals surface area contributed by atoms with Crippen molar-refractivity contribution >= 4 is 35.6 Å². The Labute approximate surface area is 292 Å². The van der Waals surface area contributed by atoms with Crippen LogP contribution in [0.5, 0.6) is 0 Å². The van der Waals surface area contributed by atoms with Gasteiger partial charge in [-0.3, -0.25) is 28.8 Å². The topological polar surface area (TPSA) is 234 Å². The van der Waals surface area contributed by atoms with Crippen LogP contribution in [0.25, 0.3) is 0 Å². The maximum atomic E-state index is 13.8. The van der Waals surface area contributed by atoms with Crippen LogP contribution in [0, 0.1) is 5.92 Å². The van der Waals surface area contributed by atoms with Gasteiger partial charge in [0.2, 0.25) is 23.6 Å². The molecule has 4 amide bonds. The van der Waals surface area contributed by atoms with Crippen molar-refractivity contribution in [2.45, 2.75) is 94.9 Å². The molecule has 2 aromatic rings. The van der Waals surface area contributed by atoms with E-state index in [0.717, 1.165) is 11.1 Å². The van der Waals surface area contributed by atoms with Crippen molar-refractivity contribution in [3.8, 4) is 0 Å². The number of hydrogen-bond donors (Lipinski definition) is 7. The highest BCUT2D eigenvalue weighted by molar-refractivity contribution is 5.95. The third kappa shape index (κ3) is 12.3. The van der Waals surface area contributed by atoms with Gasteiger partial charge in [-0.15, -0.1) is 0 Å². The quantitative estimate of drug-likeness (QED) is 0.117. The molecule has 2 aromatic carbocycles. The molecule has 14 nitrogen and oxygen atoms in total. The smallest absolute Gasteiger partial charge is 0.323 e. The Hall–Kier alpha value is -4.82. The molecule has 0 unspecified atom stereocenters. The predicted molar refractivity (Wildman–Crippen MR) is 185 cm³/mol. The highest BCUT2D eigenvalue weighted by atomic mass is 16.4. The number of carbonyl (C=O) groups is 6. The number of amides is 4. The van der Waals surface area contributed by atoms with E-state index in [-0.39, 0.29) is 70.4 Å². The second-order valence-corrected chi connectivity index (χ2v) is 13.4. The van der Waals surface area contributed by atoms with Crippen molar-refractivity contribution in [3.05, 3.63) is 71.8 Å². The molecule has 0 radical (unpaired) electrons. The SMILES string of the molecule is CC(C)C[C@@H](NC(=O)[C@@H](Cc1ccccc1)NC(=O)[C@H](N)Cc1ccccc1)C(=O)N[C@H](CCCC(=O)O)C(=O)N1CCC(N)(C(=O)O)CC1. The van der Waals surface area contributed by atoms with E-state index in [2.05, 4.69) is 16.0 Å². The molecule has 0 aromatic heterocycles. The largest absolute Gasteiger partial charge is 0.481 e. The Kier molecular flexibility index (Phi) is 14.9. The van der Waals surface area contributed by atoms with Crippen LogP contribution in [-0.4, -0.2) is 93.5 Å². The van der Waals surface area contributed by atoms with Gasteiger partial charge in [0.05, 0.1) is 6.04 Å². The molecular weight excluding hydrogens is 644 g/mol. The minimum absolute atomic E-state index is 0.00834. The summed E-state index contributed by atoms with van der Waals surface area (Å²) < 4.78 is 0. The average Bonchev–Trinajstić information content (AvgIpc) is 3.07. The van der Waals surface area contributed by atoms with Gasteiger partial charge >= 0.3 is 11.9 Å². The summed E-state index contributed by atoms with van der Waals surface area (Å²) in [6.07, 6.45) is 0.464. The first kappa shape index (κ1) is 39.6. The second-order valence-electron chi connectivity index (χ2n) is 13.4. The molecule has 1 aliphatic heterocycles. The van der Waals surface area contributed by atoms with E-state index in [0.29, 0.717) is 0 Å². The van der Waals surface area contributed by atoms with Crippen molar-refractivity contribution in [1.82, 2.24) is 20.9 Å². The first-order chi connectivity index (χ1) is 23.7. The van der Waals surface area contributed by atoms with Crippen LogP contribution >= 0.6 is 0 Å². The van der Waals surface area contributed by atoms with Crippen LogP contribution in [0.3, 0.4) is 0 Å². The fourth-order valence-electron chi connectivity index (χ4n) is 5.82. The van der Waals surface area contributed by atoms with Gasteiger partial charge < -0.3 is 42.5 Å². The van der Waals surface area contributed by atoms with Gasteiger partial charge in [-0.1, -0.05) is 74.5 Å². The Bertz CT molecular complexity index is 1460. The lowest BCUT2D eigenvalue weighted by Gasteiger charge is -2.38. The molecule has 0 spiro atoms. The maximum absolute atomic E-state index is 13.8. The summed E-state index contributed by atoms with van der Waals surface area (Å²) in [5.74, 6) is -4.59. The van der Waals surface area contributed by atoms with E-state index in [9.17, 15) is 39.0 Å². The second kappa shape index (κ2) is 18.8. The van der Waals surface area contributed by atoms with Gasteiger partial charge in [0, 0.05) is 25.9 Å². The lowest BCUT2D eigenvalue weighted by atomic mass is 9.88. The molecule has 1 aliphatic rings. The van der Waals surface area contributed by atoms with Crippen molar-refractivity contribution in [2.75, 3.05) is 13.1 Å². The van der Waals surface area contributed by atoms with E-state index < -0.39 is 65.3 Å². The first-order valence-corrected chi connectivity index (χ1v) is 17.0. The number of rotatable bonds is 18. The summed E-state index contributed by atoms with van der Waals surface area (Å²) >= 11 is 0. The van der Waals surface area contributed by atoms with Gasteiger partial charge in [-0.25, -0.2) is 0 Å². The number of carbonyl (C=O) groups excluding carboxylic acids is 4. The molecule has 1 saturated heterocycles. The first-order valence-electron chi connectivity index (χ1n) is 17.0. The van der Waals surface area contributed by atoms with E-state index in [4.69, 9.17) is 11.5 Å². The highest BCUT2D eigenvalue weighted by Crippen LogP contribution is 2.21. The number of hydrogen-bond acceptors (Lipinski definition) is 8. The zero-order valence-electron chi connectivity index (χ0n) is 28.7. The molecule has 9 N–H and O–H groups in total. The normalized spacial score (nSPS) is 16.4. The zero-order valence-corrected chi connectivity index (χ0v) is 28.7. The summed E-state index contributed by atoms with van der Waals surface area (Å²) in [7, 11) is 0. The molecule has 0 bridgehead atoms. The maximum Gasteiger partial charge on any atom is 0.323 e. The molecule has 1 heterocycles. The van der Waals surface area contributed by atoms with E-state index in [1.54, 1.807) is 12.1 Å². The molecule has 4 atom stereocenters. The molecule has 50 heavy (non-hydrogen) atoms. The number of benzene rings is 2. The number of piperidine rings is 1. The minimum atomic E-state index is -1.47. The van der Waals surface area contributed by atoms with Crippen LogP contribution in [-0.2, 0) is 41.6 Å². The number of carboxylic acids is 2. The summed E-state index contributed by atoms with van der Waals surface area (Å²) in [6.45, 7) is 3.82. The Morgan fingerprint density at radius 2 is 1.26 bits per heavy atom. The Morgan fingerprint density at radius 1 is 0.760 bits per heavy atom. The van der Waals surface area contributed by atoms with Gasteiger partial charge in [-0.05, 0) is 55.6 Å². The van der Waals surface area contributed by atoms with Crippen LogP contribution in [0.2, 0.25) is 0 Å². The van der Waals surface area contributed by atoms with E-state index in [1.807, 2.05) is 62.4 Å². The number of aliphatic carboxylic acids is 2. The van der Waals surface area contributed by atoms with Crippen LogP contribution in [0.4, 0.5) is 0 Å². The number of nitrogens with one attached hydrogen (secondary N) is 3. The van der Waals surface area contributed by atoms with Crippen molar-refractivity contribution in [2.24, 2.45) is 17.4 Å². The Morgan fingerprint density at radius 3 is 1.78 bits per heavy atom. The van der Waals surface area contributed by atoms with Gasteiger partial charge in [0.1, 0.15) is 23.7 Å². The number of nitrogens with two attached hydrogens (primary N) is 2. The molecular formula is C36H50N6O8. The van der Waals surface area contributed by atoms with Gasteiger partial charge in [0.25, 0.3) is 0 Å². The lowest BCUT2D eigenvalue weighted by Crippen LogP contribution is -2.60. The third-order valence-electron chi connectivity index (χ3n) is 8.78. The fraction of sp³-hybridized carbons (Fsp3) is 0.500. The molecule has 14 heteroatoms. The average molecular weight is 695 g/mol. The van der Waals surface area contributed by atoms with E-state index in [1.165, 1.54) is 4.90 Å². The zero-order chi connectivity index (χ0) is 36.8. The lowest BCUT2D eigenvalue weighted by molar-refractivity contribution is -0.148. The van der Waals surface area contributed by atoms with E-state index >= 15 is 0 Å². The standard InChI is InChI=1S/C36H50N6O8/c1-23(2)20-28(32(46)39-27(14-9-15-30(43)44)34(48)42-18-16-36(38,17-19-42)35(49)50)41-33(47)29(22-25-12-7-4-8-13-25)40-31(45)26(37)21-24-10-5-3-6-11-24/h3-8,10-13,23,26-29H,9,14-22,37-38H2,1-2H3,(H,39,46)(H,40,45)(H,41,47)(H,43,44)(H,49,50)/t26-,27-,28-,29-/m1/s1. The fourth-order valence-corrected chi connectivity index (χ4v) is 5.82. The summed E-state index contributed by atoms with van der Waals surface area (Å²) in [6, 6.07) is 14.1. The summed E-state index contributed by atoms with van der Waals surface area (Å²) in [4.78, 5) is 78.7. The van der Waals surface area contributed by atoms with Crippen LogP contribution in [0.15, 0.2) is 60.7 Å². The number of carboxylic acid groups (broad SMARTS) is 2. The summed E-state index contributed by atoms with van der Waals surface area (Å²) in [5.41, 5.74) is 12.4. The Balaban J connectivity index is 1.78. The summed E-state index contributed by atoms with van der Waals surface area (Å²) in [5, 5.41) is 26.9. The van der Waals surface area contributed by atoms with Crippen molar-refractivity contribution in [3.63, 3.8) is 0 Å². The van der Waals surface area contributed by atoms with Crippen LogP contribution in [0.1, 0.15) is 63.5 Å². The minimum Gasteiger partial charge on any atom is -0.481 e. The number of nitrogens with zero attached hydrogens (tertiary/aromatic N) is 1. The van der Waals surface area contributed by atoms with Crippen molar-refractivity contribution in [1.29, 1.82) is 0 Å². The molecule has 0 saturated carbocycles. The van der Waals surface area contributed by atoms with Crippen LogP contribution < -0.4 is 27.4 Å². The monoisotopic (exact) mass is 694 g/mol. The highest BCUT2D eigenvalue weighted by Gasteiger charge is 2.40. The predicted octanol–water partition coefficient (Wildman–Crippen LogP) is 0.959. The molecule has 0 aliphatic carbocycles. The molecule has 1 fully saturated rings. The third-order valence-corrected chi connectivity index (χ3v) is 8.78. The molecule has 272 valence electrons. The molecule has 3 rings (SSSR count). The van der Waals surface area contributed by atoms with Gasteiger partial charge in [0.15, 0.2) is 0 Å². The van der Waals surface area contributed by atoms with Crippen molar-refractivity contribution < 1.29 is 39.0 Å². The number of likely N-dealkylation sites (tertiary alicyclic amines) is 1.